The summed E-state index contributed by atoms with van der Waals surface area (Å²) in [6.45, 7) is 6.47. The molecule has 0 aliphatic carbocycles. The third-order valence-electron chi connectivity index (χ3n) is 4.24. The van der Waals surface area contributed by atoms with Crippen molar-refractivity contribution in [2.45, 2.75) is 40.2 Å². The Bertz CT molecular complexity index is 850. The Kier molecular flexibility index (Phi) is 16.9. The Morgan fingerprint density at radius 2 is 1.74 bits per heavy atom. The van der Waals surface area contributed by atoms with Gasteiger partial charge in [-0.3, -0.25) is 0 Å². The maximum Gasteiger partial charge on any atom is 1.00 e. The van der Waals surface area contributed by atoms with E-state index in [2.05, 4.69) is 47.3 Å². The fraction of sp³-hybridized carbons (Fsp3) is 0.375. The van der Waals surface area contributed by atoms with E-state index in [1.54, 1.807) is 20.3 Å². The van der Waals surface area contributed by atoms with Gasteiger partial charge in [0.15, 0.2) is 0 Å². The second kappa shape index (κ2) is 17.1. The van der Waals surface area contributed by atoms with Crippen LogP contribution in [0.1, 0.15) is 48.9 Å². The Hall–Kier alpha value is -0.374. The molecule has 0 spiro atoms. The van der Waals surface area contributed by atoms with E-state index < -0.39 is 0 Å². The molecule has 0 unspecified atom stereocenters. The van der Waals surface area contributed by atoms with E-state index in [0.717, 1.165) is 46.5 Å². The minimum absolute atomic E-state index is 0. The van der Waals surface area contributed by atoms with Gasteiger partial charge in [0.1, 0.15) is 6.61 Å². The number of rotatable bonds is 8. The van der Waals surface area contributed by atoms with Crippen molar-refractivity contribution in [2.24, 2.45) is 5.16 Å². The molecule has 0 amide bonds. The number of allylic oxidation sites excluding steroid dienone is 1. The van der Waals surface area contributed by atoms with Crippen molar-refractivity contribution in [3.05, 3.63) is 80.1 Å². The number of unbranched alkanes of at least 4 members (excludes halogenated alkanes) is 1. The Balaban J connectivity index is 0.00000212. The summed E-state index contributed by atoms with van der Waals surface area (Å²) in [5, 5.41) is 9.84. The van der Waals surface area contributed by atoms with Crippen molar-refractivity contribution in [3.8, 4) is 0 Å². The molecule has 0 bridgehead atoms. The largest absolute Gasteiger partial charge is 1.00 e. The first kappa shape index (κ1) is 30.6. The van der Waals surface area contributed by atoms with Gasteiger partial charge in [-0.25, -0.2) is 0 Å². The van der Waals surface area contributed by atoms with Crippen LogP contribution in [0.2, 0.25) is 10.0 Å². The monoisotopic (exact) mass is 488 g/mol. The Morgan fingerprint density at radius 3 is 2.29 bits per heavy atom. The number of hydrogen-bond acceptors (Lipinski definition) is 3. The van der Waals surface area contributed by atoms with Crippen molar-refractivity contribution < 1.29 is 61.0 Å². The normalized spacial score (nSPS) is 11.2. The number of halogens is 2. The molecule has 2 aromatic rings. The zero-order chi connectivity index (χ0) is 22.5. The van der Waals surface area contributed by atoms with Crippen LogP contribution in [-0.4, -0.2) is 27.0 Å². The minimum Gasteiger partial charge on any atom is -0.687 e. The maximum atomic E-state index is 6.06. The predicted molar refractivity (Wildman–Crippen MR) is 130 cm³/mol. The molecule has 2 rings (SSSR count). The summed E-state index contributed by atoms with van der Waals surface area (Å²) in [4.78, 5) is 5.67. The molecule has 0 heterocycles. The van der Waals surface area contributed by atoms with Gasteiger partial charge in [-0.1, -0.05) is 66.0 Å². The van der Waals surface area contributed by atoms with Gasteiger partial charge in [-0.15, -0.1) is 12.7 Å². The van der Waals surface area contributed by atoms with Crippen molar-refractivity contribution in [1.82, 2.24) is 0 Å². The molecule has 7 heteroatoms. The van der Waals surface area contributed by atoms with Gasteiger partial charge in [-0.05, 0) is 49.6 Å². The van der Waals surface area contributed by atoms with Crippen LogP contribution in [0.25, 0.3) is 11.0 Å². The van der Waals surface area contributed by atoms with E-state index in [1.807, 2.05) is 32.2 Å². The number of aryl methyl sites for hydroxylation is 1. The predicted octanol–water partition coefficient (Wildman–Crippen LogP) is 4.65. The third-order valence-corrected chi connectivity index (χ3v) is 4.68. The molecule has 31 heavy (non-hydrogen) atoms. The molecule has 0 saturated carbocycles. The first-order valence-electron chi connectivity index (χ1n) is 9.79. The van der Waals surface area contributed by atoms with Gasteiger partial charge in [0.2, 0.25) is 0 Å². The van der Waals surface area contributed by atoms with E-state index in [1.165, 1.54) is 0 Å². The summed E-state index contributed by atoms with van der Waals surface area (Å²) < 4.78 is 4.25. The van der Waals surface area contributed by atoms with Gasteiger partial charge in [0.05, 0.1) is 5.71 Å². The zero-order valence-corrected chi connectivity index (χ0v) is 24.3. The number of hydrogen-bond donors (Lipinski definition) is 0. The maximum absolute atomic E-state index is 6.06. The quantitative estimate of drug-likeness (QED) is 0.308. The summed E-state index contributed by atoms with van der Waals surface area (Å²) in [6, 6.07) is 11.5. The molecule has 2 aromatic carbocycles. The topological polar surface area (TPSA) is 44.9 Å². The van der Waals surface area contributed by atoms with Crippen LogP contribution in [0.3, 0.4) is 0 Å². The first-order valence-corrected chi connectivity index (χ1v) is 10.5. The number of nitrogens with zero attached hydrogens (tertiary/aromatic N) is 2. The average molecular weight is 490 g/mol. The molecule has 0 atom stereocenters. The molecule has 0 N–H and O–H groups in total. The molecular formula is C24H31Cl2KN2O2. The number of benzene rings is 2. The molecule has 0 aromatic heterocycles. The molecular weight excluding hydrogens is 458 g/mol. The fourth-order valence-electron chi connectivity index (χ4n) is 2.75. The van der Waals surface area contributed by atoms with Crippen LogP contribution in [0.4, 0.5) is 0 Å². The first-order chi connectivity index (χ1) is 14.4. The van der Waals surface area contributed by atoms with Crippen LogP contribution >= 0.6 is 23.2 Å². The van der Waals surface area contributed by atoms with Crippen LogP contribution in [0, 0.1) is 6.92 Å². The van der Waals surface area contributed by atoms with Crippen molar-refractivity contribution in [2.75, 3.05) is 21.3 Å². The average Bonchev–Trinajstić information content (AvgIpc) is 2.70. The van der Waals surface area contributed by atoms with Crippen molar-refractivity contribution >= 4 is 34.6 Å². The Labute approximate surface area is 239 Å². The van der Waals surface area contributed by atoms with Gasteiger partial charge in [0.25, 0.3) is 0 Å². The smallest absolute Gasteiger partial charge is 0.687 e. The molecule has 4 nitrogen and oxygen atoms in total. The fourth-order valence-corrected chi connectivity index (χ4v) is 3.27. The second-order valence-corrected chi connectivity index (χ2v) is 7.59. The van der Waals surface area contributed by atoms with Gasteiger partial charge in [-0.2, -0.15) is 0 Å². The van der Waals surface area contributed by atoms with Crippen LogP contribution < -0.4 is 51.4 Å². The SMILES string of the molecule is CCC/C=C(\[N-]C)c1cccc(C)c1CO/N=C(\C)c1cc(Cl)cc(Cl)c1.COC.[K+]. The number of oxime groups is 1. The summed E-state index contributed by atoms with van der Waals surface area (Å²) in [5.74, 6) is 0. The van der Waals surface area contributed by atoms with Gasteiger partial charge < -0.3 is 14.9 Å². The molecule has 0 aliphatic rings. The molecule has 0 saturated heterocycles. The van der Waals surface area contributed by atoms with E-state index in [-0.39, 0.29) is 51.4 Å². The summed E-state index contributed by atoms with van der Waals surface area (Å²) >= 11 is 12.1. The summed E-state index contributed by atoms with van der Waals surface area (Å²) in [6.07, 6.45) is 4.25. The third kappa shape index (κ3) is 10.9. The van der Waals surface area contributed by atoms with Gasteiger partial charge in [0, 0.05) is 35.4 Å². The second-order valence-electron chi connectivity index (χ2n) is 6.72. The van der Waals surface area contributed by atoms with Crippen molar-refractivity contribution in [3.63, 3.8) is 0 Å². The number of methoxy groups -OCH3 is 1. The molecule has 0 fully saturated rings. The van der Waals surface area contributed by atoms with E-state index in [9.17, 15) is 0 Å². The van der Waals surface area contributed by atoms with E-state index in [4.69, 9.17) is 28.0 Å². The van der Waals surface area contributed by atoms with E-state index >= 15 is 0 Å². The van der Waals surface area contributed by atoms with Crippen LogP contribution in [-0.2, 0) is 16.2 Å². The van der Waals surface area contributed by atoms with Crippen molar-refractivity contribution in [1.29, 1.82) is 0 Å². The summed E-state index contributed by atoms with van der Waals surface area (Å²) in [5.41, 5.74) is 5.87. The summed E-state index contributed by atoms with van der Waals surface area (Å²) in [7, 11) is 5.07. The van der Waals surface area contributed by atoms with Crippen LogP contribution in [0.15, 0.2) is 47.6 Å². The Morgan fingerprint density at radius 1 is 1.13 bits per heavy atom. The van der Waals surface area contributed by atoms with Crippen LogP contribution in [0.5, 0.6) is 0 Å². The minimum atomic E-state index is 0. The molecule has 0 radical (unpaired) electrons. The molecule has 0 aliphatic heterocycles. The zero-order valence-electron chi connectivity index (χ0n) is 19.6. The van der Waals surface area contributed by atoms with Gasteiger partial charge >= 0.3 is 51.4 Å². The molecule has 164 valence electrons. The number of ether oxygens (including phenoxy) is 1. The van der Waals surface area contributed by atoms with E-state index in [0.29, 0.717) is 16.7 Å². The standard InChI is InChI=1S/C22H25Cl2N2O.C2H6O.K/c1-5-6-10-22(25-4)20-9-7-8-15(2)21(20)14-27-26-16(3)17-11-18(23)13-19(24)12-17;1-3-2;/h7-13H,5-6,14H2,1-4H3;1-2H3;/q-1;;+1/b22-10-,26-16+;;.